The standard InChI is InChI=1S/C15H20N2O4/c1-21-14(18)13(8-10-3-2-4-12(16)7-10)11-5-6-17(9-11)15(19)20/h2-4,7,11,13H,5-6,8-9,16H2,1H3,(H,19,20)/t11-,13?/m0/s1. The first-order chi connectivity index (χ1) is 10.0. The highest BCUT2D eigenvalue weighted by molar-refractivity contribution is 5.73. The zero-order chi connectivity index (χ0) is 15.4. The smallest absolute Gasteiger partial charge is 0.407 e. The number of carboxylic acid groups (broad SMARTS) is 1. The van der Waals surface area contributed by atoms with Crippen LogP contribution in [0.2, 0.25) is 0 Å². The number of esters is 1. The van der Waals surface area contributed by atoms with Gasteiger partial charge < -0.3 is 20.5 Å². The molecular weight excluding hydrogens is 272 g/mol. The number of carbonyl (C=O) groups is 2. The van der Waals surface area contributed by atoms with Crippen LogP contribution >= 0.6 is 0 Å². The Balaban J connectivity index is 2.12. The van der Waals surface area contributed by atoms with Crippen LogP contribution in [-0.4, -0.2) is 42.3 Å². The van der Waals surface area contributed by atoms with Crippen molar-refractivity contribution in [3.8, 4) is 0 Å². The van der Waals surface area contributed by atoms with Gasteiger partial charge in [-0.25, -0.2) is 4.79 Å². The molecule has 1 unspecified atom stereocenters. The zero-order valence-electron chi connectivity index (χ0n) is 12.0. The number of hydrogen-bond acceptors (Lipinski definition) is 4. The van der Waals surface area contributed by atoms with Gasteiger partial charge in [0.15, 0.2) is 0 Å². The molecule has 1 aromatic rings. The minimum atomic E-state index is -0.940. The van der Waals surface area contributed by atoms with Gasteiger partial charge in [-0.2, -0.15) is 0 Å². The van der Waals surface area contributed by atoms with Crippen LogP contribution in [0.1, 0.15) is 12.0 Å². The van der Waals surface area contributed by atoms with E-state index in [1.54, 1.807) is 6.07 Å². The van der Waals surface area contributed by atoms with Crippen LogP contribution in [0.5, 0.6) is 0 Å². The maximum Gasteiger partial charge on any atom is 0.407 e. The van der Waals surface area contributed by atoms with Gasteiger partial charge in [0.2, 0.25) is 0 Å². The molecule has 0 aromatic heterocycles. The number of likely N-dealkylation sites (tertiary alicyclic amines) is 1. The Morgan fingerprint density at radius 2 is 2.29 bits per heavy atom. The van der Waals surface area contributed by atoms with Crippen LogP contribution in [0.3, 0.4) is 0 Å². The monoisotopic (exact) mass is 292 g/mol. The molecular formula is C15H20N2O4. The van der Waals surface area contributed by atoms with Crippen LogP contribution in [-0.2, 0) is 16.0 Å². The summed E-state index contributed by atoms with van der Waals surface area (Å²) in [5, 5.41) is 9.03. The third-order valence-electron chi connectivity index (χ3n) is 3.97. The number of hydrogen-bond donors (Lipinski definition) is 2. The van der Waals surface area contributed by atoms with Gasteiger partial charge in [-0.1, -0.05) is 12.1 Å². The molecule has 0 radical (unpaired) electrons. The lowest BCUT2D eigenvalue weighted by Crippen LogP contribution is -2.32. The molecule has 6 nitrogen and oxygen atoms in total. The van der Waals surface area contributed by atoms with Gasteiger partial charge in [0, 0.05) is 18.8 Å². The topological polar surface area (TPSA) is 92.9 Å². The van der Waals surface area contributed by atoms with Gasteiger partial charge >= 0.3 is 12.1 Å². The number of carbonyl (C=O) groups excluding carboxylic acids is 1. The summed E-state index contributed by atoms with van der Waals surface area (Å²) in [4.78, 5) is 24.4. The Bertz CT molecular complexity index is 532. The SMILES string of the molecule is COC(=O)C(Cc1cccc(N)c1)[C@H]1CCN(C(=O)O)C1. The molecule has 0 bridgehead atoms. The molecule has 3 N–H and O–H groups in total. The van der Waals surface area contributed by atoms with Crippen LogP contribution < -0.4 is 5.73 Å². The highest BCUT2D eigenvalue weighted by atomic mass is 16.5. The summed E-state index contributed by atoms with van der Waals surface area (Å²) < 4.78 is 4.89. The maximum atomic E-state index is 12.0. The third kappa shape index (κ3) is 3.65. The van der Waals surface area contributed by atoms with Crippen molar-refractivity contribution in [3.63, 3.8) is 0 Å². The first-order valence-electron chi connectivity index (χ1n) is 6.91. The molecule has 1 aromatic carbocycles. The van der Waals surface area contributed by atoms with E-state index < -0.39 is 6.09 Å². The lowest BCUT2D eigenvalue weighted by molar-refractivity contribution is -0.147. The summed E-state index contributed by atoms with van der Waals surface area (Å²) in [6.45, 7) is 0.835. The van der Waals surface area contributed by atoms with E-state index >= 15 is 0 Å². The molecule has 0 spiro atoms. The lowest BCUT2D eigenvalue weighted by Gasteiger charge is -2.21. The Labute approximate surface area is 123 Å². The van der Waals surface area contributed by atoms with E-state index in [1.807, 2.05) is 18.2 Å². The Kier molecular flexibility index (Phi) is 4.67. The second-order valence-corrected chi connectivity index (χ2v) is 5.36. The van der Waals surface area contributed by atoms with Gasteiger partial charge in [0.05, 0.1) is 13.0 Å². The molecule has 1 amide bonds. The minimum Gasteiger partial charge on any atom is -0.469 e. The molecule has 2 atom stereocenters. The lowest BCUT2D eigenvalue weighted by atomic mass is 9.86. The van der Waals surface area contributed by atoms with E-state index in [4.69, 9.17) is 15.6 Å². The number of nitrogen functional groups attached to an aromatic ring is 1. The molecule has 1 fully saturated rings. The van der Waals surface area contributed by atoms with E-state index in [0.717, 1.165) is 5.56 Å². The molecule has 1 aliphatic heterocycles. The fourth-order valence-corrected chi connectivity index (χ4v) is 2.86. The summed E-state index contributed by atoms with van der Waals surface area (Å²) in [6, 6.07) is 7.38. The first kappa shape index (κ1) is 15.2. The first-order valence-corrected chi connectivity index (χ1v) is 6.91. The van der Waals surface area contributed by atoms with Gasteiger partial charge in [0.1, 0.15) is 0 Å². The normalized spacial score (nSPS) is 19.3. The van der Waals surface area contributed by atoms with Crippen molar-refractivity contribution < 1.29 is 19.4 Å². The summed E-state index contributed by atoms with van der Waals surface area (Å²) >= 11 is 0. The van der Waals surface area contributed by atoms with Crippen molar-refractivity contribution in [1.29, 1.82) is 0 Å². The molecule has 2 rings (SSSR count). The molecule has 0 aliphatic carbocycles. The second-order valence-electron chi connectivity index (χ2n) is 5.36. The molecule has 1 saturated heterocycles. The maximum absolute atomic E-state index is 12.0. The van der Waals surface area contributed by atoms with Crippen molar-refractivity contribution >= 4 is 17.7 Å². The van der Waals surface area contributed by atoms with Crippen molar-refractivity contribution in [1.82, 2.24) is 4.90 Å². The highest BCUT2D eigenvalue weighted by Gasteiger charge is 2.36. The predicted molar refractivity (Wildman–Crippen MR) is 77.8 cm³/mol. The summed E-state index contributed by atoms with van der Waals surface area (Å²) in [6.07, 6.45) is 0.245. The van der Waals surface area contributed by atoms with Gasteiger partial charge in [-0.3, -0.25) is 4.79 Å². The fourth-order valence-electron chi connectivity index (χ4n) is 2.86. The summed E-state index contributed by atoms with van der Waals surface area (Å²) in [5.41, 5.74) is 7.36. The molecule has 0 saturated carbocycles. The van der Waals surface area contributed by atoms with E-state index in [1.165, 1.54) is 12.0 Å². The number of ether oxygens (including phenoxy) is 1. The van der Waals surface area contributed by atoms with Crippen molar-refractivity contribution in [2.75, 3.05) is 25.9 Å². The van der Waals surface area contributed by atoms with Crippen LogP contribution in [0.4, 0.5) is 10.5 Å². The average molecular weight is 292 g/mol. The Morgan fingerprint density at radius 3 is 2.86 bits per heavy atom. The molecule has 21 heavy (non-hydrogen) atoms. The molecule has 1 heterocycles. The number of rotatable bonds is 4. The number of benzene rings is 1. The Morgan fingerprint density at radius 1 is 1.52 bits per heavy atom. The number of amides is 1. The fraction of sp³-hybridized carbons (Fsp3) is 0.467. The van der Waals surface area contributed by atoms with Crippen molar-refractivity contribution in [2.24, 2.45) is 11.8 Å². The number of nitrogens with two attached hydrogens (primary N) is 1. The quantitative estimate of drug-likeness (QED) is 0.649. The second kappa shape index (κ2) is 6.47. The third-order valence-corrected chi connectivity index (χ3v) is 3.97. The van der Waals surface area contributed by atoms with Crippen molar-refractivity contribution in [2.45, 2.75) is 12.8 Å². The number of methoxy groups -OCH3 is 1. The van der Waals surface area contributed by atoms with Crippen LogP contribution in [0.25, 0.3) is 0 Å². The summed E-state index contributed by atoms with van der Waals surface area (Å²) in [5.74, 6) is -0.661. The van der Waals surface area contributed by atoms with Crippen molar-refractivity contribution in [3.05, 3.63) is 29.8 Å². The van der Waals surface area contributed by atoms with Gasteiger partial charge in [-0.05, 0) is 36.5 Å². The Hall–Kier alpha value is -2.24. The number of nitrogens with zero attached hydrogens (tertiary/aromatic N) is 1. The van der Waals surface area contributed by atoms with Gasteiger partial charge in [0.25, 0.3) is 0 Å². The van der Waals surface area contributed by atoms with E-state index in [9.17, 15) is 9.59 Å². The summed E-state index contributed by atoms with van der Waals surface area (Å²) in [7, 11) is 1.36. The van der Waals surface area contributed by atoms with E-state index in [-0.39, 0.29) is 17.8 Å². The molecule has 114 valence electrons. The van der Waals surface area contributed by atoms with Gasteiger partial charge in [-0.15, -0.1) is 0 Å². The van der Waals surface area contributed by atoms with E-state index in [0.29, 0.717) is 31.6 Å². The largest absolute Gasteiger partial charge is 0.469 e. The van der Waals surface area contributed by atoms with Crippen LogP contribution in [0, 0.1) is 11.8 Å². The molecule has 1 aliphatic rings. The predicted octanol–water partition coefficient (Wildman–Crippen LogP) is 1.60. The minimum absolute atomic E-state index is 0.0185. The van der Waals surface area contributed by atoms with Crippen LogP contribution in [0.15, 0.2) is 24.3 Å². The number of anilines is 1. The average Bonchev–Trinajstić information content (AvgIpc) is 2.94. The highest BCUT2D eigenvalue weighted by Crippen LogP contribution is 2.28. The molecule has 6 heteroatoms. The van der Waals surface area contributed by atoms with E-state index in [2.05, 4.69) is 0 Å². The zero-order valence-corrected chi connectivity index (χ0v) is 12.0.